The Balaban J connectivity index is 2.00. The van der Waals surface area contributed by atoms with E-state index >= 15 is 0 Å². The molecule has 0 radical (unpaired) electrons. The summed E-state index contributed by atoms with van der Waals surface area (Å²) in [5.41, 5.74) is 0.959. The third-order valence-corrected chi connectivity index (χ3v) is 3.88. The van der Waals surface area contributed by atoms with E-state index in [4.69, 9.17) is 16.3 Å². The zero-order valence-corrected chi connectivity index (χ0v) is 11.0. The third kappa shape index (κ3) is 3.22. The average Bonchev–Trinajstić information content (AvgIpc) is 2.77. The SMILES string of the molecule is CC(O)c1ccc(OCc2ccccc2Cl)s1. The fraction of sp³-hybridized carbons (Fsp3) is 0.231. The van der Waals surface area contributed by atoms with Crippen molar-refractivity contribution in [3.8, 4) is 5.06 Å². The number of aliphatic hydroxyl groups is 1. The normalized spacial score (nSPS) is 12.4. The summed E-state index contributed by atoms with van der Waals surface area (Å²) in [6.45, 7) is 2.18. The molecule has 1 atom stereocenters. The van der Waals surface area contributed by atoms with Crippen molar-refractivity contribution in [2.45, 2.75) is 19.6 Å². The molecule has 1 aromatic heterocycles. The smallest absolute Gasteiger partial charge is 0.174 e. The van der Waals surface area contributed by atoms with Crippen LogP contribution in [-0.4, -0.2) is 5.11 Å². The van der Waals surface area contributed by atoms with Crippen molar-refractivity contribution in [1.29, 1.82) is 0 Å². The van der Waals surface area contributed by atoms with Gasteiger partial charge >= 0.3 is 0 Å². The fourth-order valence-corrected chi connectivity index (χ4v) is 2.38. The molecule has 0 bridgehead atoms. The minimum absolute atomic E-state index is 0.444. The Kier molecular flexibility index (Phi) is 4.05. The molecule has 0 aliphatic rings. The van der Waals surface area contributed by atoms with E-state index in [0.717, 1.165) is 15.5 Å². The Bertz CT molecular complexity index is 494. The van der Waals surface area contributed by atoms with Gasteiger partial charge in [0.25, 0.3) is 0 Å². The molecule has 0 spiro atoms. The molecule has 1 unspecified atom stereocenters. The van der Waals surface area contributed by atoms with Crippen molar-refractivity contribution < 1.29 is 9.84 Å². The van der Waals surface area contributed by atoms with Gasteiger partial charge in [0.2, 0.25) is 0 Å². The molecule has 0 saturated heterocycles. The number of hydrogen-bond acceptors (Lipinski definition) is 3. The molecule has 17 heavy (non-hydrogen) atoms. The van der Waals surface area contributed by atoms with Gasteiger partial charge in [0.1, 0.15) is 6.61 Å². The van der Waals surface area contributed by atoms with E-state index in [1.807, 2.05) is 36.4 Å². The van der Waals surface area contributed by atoms with Crippen molar-refractivity contribution in [2.75, 3.05) is 0 Å². The van der Waals surface area contributed by atoms with Crippen LogP contribution in [-0.2, 0) is 6.61 Å². The van der Waals surface area contributed by atoms with Crippen LogP contribution in [0, 0.1) is 0 Å². The van der Waals surface area contributed by atoms with Crippen LogP contribution in [0.3, 0.4) is 0 Å². The molecule has 1 aromatic carbocycles. The lowest BCUT2D eigenvalue weighted by Gasteiger charge is -2.05. The molecule has 90 valence electrons. The highest BCUT2D eigenvalue weighted by Gasteiger charge is 2.06. The Morgan fingerprint density at radius 1 is 1.29 bits per heavy atom. The highest BCUT2D eigenvalue weighted by molar-refractivity contribution is 7.13. The zero-order valence-electron chi connectivity index (χ0n) is 9.39. The van der Waals surface area contributed by atoms with Crippen molar-refractivity contribution in [3.63, 3.8) is 0 Å². The highest BCUT2D eigenvalue weighted by Crippen LogP contribution is 2.30. The molecule has 2 nitrogen and oxygen atoms in total. The van der Waals surface area contributed by atoms with E-state index in [-0.39, 0.29) is 0 Å². The van der Waals surface area contributed by atoms with Gasteiger partial charge in [-0.3, -0.25) is 0 Å². The molecule has 2 aromatic rings. The van der Waals surface area contributed by atoms with E-state index in [1.165, 1.54) is 11.3 Å². The van der Waals surface area contributed by atoms with Crippen LogP contribution in [0.15, 0.2) is 36.4 Å². The number of aliphatic hydroxyl groups excluding tert-OH is 1. The van der Waals surface area contributed by atoms with Crippen LogP contribution in [0.5, 0.6) is 5.06 Å². The van der Waals surface area contributed by atoms with Crippen molar-refractivity contribution in [3.05, 3.63) is 51.9 Å². The van der Waals surface area contributed by atoms with E-state index in [1.54, 1.807) is 6.92 Å². The Hall–Kier alpha value is -1.03. The van der Waals surface area contributed by atoms with Gasteiger partial charge in [-0.2, -0.15) is 0 Å². The first-order valence-electron chi connectivity index (χ1n) is 5.31. The molecule has 1 N–H and O–H groups in total. The molecule has 1 heterocycles. The van der Waals surface area contributed by atoms with Crippen LogP contribution in [0.1, 0.15) is 23.5 Å². The number of hydrogen-bond donors (Lipinski definition) is 1. The maximum Gasteiger partial charge on any atom is 0.174 e. The predicted octanol–water partition coefficient (Wildman–Crippen LogP) is 4.03. The molecular formula is C13H13ClO2S. The zero-order chi connectivity index (χ0) is 12.3. The monoisotopic (exact) mass is 268 g/mol. The Morgan fingerprint density at radius 3 is 2.71 bits per heavy atom. The van der Waals surface area contributed by atoms with Crippen LogP contribution in [0.4, 0.5) is 0 Å². The summed E-state index contributed by atoms with van der Waals surface area (Å²) in [6, 6.07) is 11.3. The summed E-state index contributed by atoms with van der Waals surface area (Å²) in [5.74, 6) is 0. The highest BCUT2D eigenvalue weighted by atomic mass is 35.5. The summed E-state index contributed by atoms with van der Waals surface area (Å²) < 4.78 is 5.63. The van der Waals surface area contributed by atoms with Crippen LogP contribution in [0.25, 0.3) is 0 Å². The number of halogens is 1. The second-order valence-corrected chi connectivity index (χ2v) is 5.20. The summed E-state index contributed by atoms with van der Waals surface area (Å²) in [5, 5.41) is 10.9. The van der Waals surface area contributed by atoms with Crippen molar-refractivity contribution in [1.82, 2.24) is 0 Å². The Morgan fingerprint density at radius 2 is 2.06 bits per heavy atom. The third-order valence-electron chi connectivity index (χ3n) is 2.34. The van der Waals surface area contributed by atoms with Gasteiger partial charge in [-0.1, -0.05) is 29.8 Å². The van der Waals surface area contributed by atoms with E-state index < -0.39 is 6.10 Å². The van der Waals surface area contributed by atoms with Crippen molar-refractivity contribution >= 4 is 22.9 Å². The maximum atomic E-state index is 9.40. The molecule has 2 rings (SSSR count). The number of rotatable bonds is 4. The molecule has 0 fully saturated rings. The lowest BCUT2D eigenvalue weighted by atomic mass is 10.2. The molecule has 0 aliphatic heterocycles. The second kappa shape index (κ2) is 5.54. The topological polar surface area (TPSA) is 29.5 Å². The van der Waals surface area contributed by atoms with Gasteiger partial charge in [0, 0.05) is 15.5 Å². The molecule has 4 heteroatoms. The number of thiophene rings is 1. The fourth-order valence-electron chi connectivity index (χ4n) is 1.40. The van der Waals surface area contributed by atoms with Gasteiger partial charge in [-0.05, 0) is 25.1 Å². The van der Waals surface area contributed by atoms with Gasteiger partial charge in [-0.25, -0.2) is 0 Å². The Labute approximate surface area is 109 Å². The summed E-state index contributed by atoms with van der Waals surface area (Å²) in [6.07, 6.45) is -0.447. The molecule has 0 amide bonds. The van der Waals surface area contributed by atoms with E-state index in [0.29, 0.717) is 11.6 Å². The van der Waals surface area contributed by atoms with Crippen LogP contribution >= 0.6 is 22.9 Å². The quantitative estimate of drug-likeness (QED) is 0.907. The summed E-state index contributed by atoms with van der Waals surface area (Å²) >= 11 is 7.48. The minimum Gasteiger partial charge on any atom is -0.479 e. The van der Waals surface area contributed by atoms with E-state index in [2.05, 4.69) is 0 Å². The molecular weight excluding hydrogens is 256 g/mol. The van der Waals surface area contributed by atoms with E-state index in [9.17, 15) is 5.11 Å². The first kappa shape index (κ1) is 12.4. The van der Waals surface area contributed by atoms with Gasteiger partial charge in [0.15, 0.2) is 5.06 Å². The molecule has 0 aliphatic carbocycles. The van der Waals surface area contributed by atoms with Crippen molar-refractivity contribution in [2.24, 2.45) is 0 Å². The lowest BCUT2D eigenvalue weighted by Crippen LogP contribution is -1.94. The van der Waals surface area contributed by atoms with Gasteiger partial charge < -0.3 is 9.84 Å². The summed E-state index contributed by atoms with van der Waals surface area (Å²) in [7, 11) is 0. The second-order valence-electron chi connectivity index (χ2n) is 3.71. The summed E-state index contributed by atoms with van der Waals surface area (Å²) in [4.78, 5) is 0.902. The lowest BCUT2D eigenvalue weighted by molar-refractivity contribution is 0.203. The largest absolute Gasteiger partial charge is 0.479 e. The molecule has 0 saturated carbocycles. The predicted molar refractivity (Wildman–Crippen MR) is 70.7 cm³/mol. The van der Waals surface area contributed by atoms with Gasteiger partial charge in [-0.15, -0.1) is 11.3 Å². The first-order valence-corrected chi connectivity index (χ1v) is 6.50. The number of ether oxygens (including phenoxy) is 1. The standard InChI is InChI=1S/C13H13ClO2S/c1-9(15)12-6-7-13(17-12)16-8-10-4-2-3-5-11(10)14/h2-7,9,15H,8H2,1H3. The first-order chi connectivity index (χ1) is 8.16. The minimum atomic E-state index is -0.447. The van der Waals surface area contributed by atoms with Crippen LogP contribution in [0.2, 0.25) is 5.02 Å². The van der Waals surface area contributed by atoms with Crippen LogP contribution < -0.4 is 4.74 Å². The maximum absolute atomic E-state index is 9.40. The van der Waals surface area contributed by atoms with Gasteiger partial charge in [0.05, 0.1) is 6.10 Å². The average molecular weight is 269 g/mol. The number of benzene rings is 1.